The quantitative estimate of drug-likeness (QED) is 0.764. The number of hydrogen-bond donors (Lipinski definition) is 2. The zero-order valence-corrected chi connectivity index (χ0v) is 10.8. The van der Waals surface area contributed by atoms with E-state index in [0.717, 1.165) is 0 Å². The van der Waals surface area contributed by atoms with Crippen LogP contribution in [0.15, 0.2) is 0 Å². The number of rotatable bonds is 5. The molecule has 0 heterocycles. The van der Waals surface area contributed by atoms with Crippen molar-refractivity contribution in [2.24, 2.45) is 22.7 Å². The van der Waals surface area contributed by atoms with Gasteiger partial charge in [0.15, 0.2) is 10.8 Å². The zero-order chi connectivity index (χ0) is 14.7. The number of carboxylic acids is 2. The molecule has 0 saturated carbocycles. The normalized spacial score (nSPS) is 17.3. The first kappa shape index (κ1) is 15.9. The van der Waals surface area contributed by atoms with Gasteiger partial charge in [0.2, 0.25) is 0 Å². The highest BCUT2D eigenvalue weighted by atomic mass is 16.4. The Balaban J connectivity index is 6.52. The molecule has 18 heavy (non-hydrogen) atoms. The fourth-order valence-corrected chi connectivity index (χ4v) is 2.27. The van der Waals surface area contributed by atoms with Crippen LogP contribution in [-0.4, -0.2) is 22.2 Å². The van der Waals surface area contributed by atoms with Crippen molar-refractivity contribution in [2.45, 2.75) is 27.7 Å². The van der Waals surface area contributed by atoms with Crippen LogP contribution in [0.1, 0.15) is 27.7 Å². The molecule has 0 aliphatic rings. The van der Waals surface area contributed by atoms with Gasteiger partial charge in [0, 0.05) is 0 Å². The second-order valence-corrected chi connectivity index (χ2v) is 4.76. The summed E-state index contributed by atoms with van der Waals surface area (Å²) in [5, 5.41) is 37.1. The van der Waals surface area contributed by atoms with Crippen LogP contribution in [-0.2, 0) is 9.59 Å². The van der Waals surface area contributed by atoms with E-state index < -0.39 is 34.6 Å². The van der Waals surface area contributed by atoms with E-state index in [-0.39, 0.29) is 0 Å². The van der Waals surface area contributed by atoms with Crippen molar-refractivity contribution in [2.75, 3.05) is 0 Å². The van der Waals surface area contributed by atoms with Gasteiger partial charge in [-0.15, -0.1) is 0 Å². The van der Waals surface area contributed by atoms with Crippen LogP contribution >= 0.6 is 0 Å². The van der Waals surface area contributed by atoms with Crippen molar-refractivity contribution in [1.29, 1.82) is 10.5 Å². The lowest BCUT2D eigenvalue weighted by Gasteiger charge is -2.40. The van der Waals surface area contributed by atoms with E-state index in [4.69, 9.17) is 0 Å². The molecule has 0 aliphatic carbocycles. The van der Waals surface area contributed by atoms with Crippen molar-refractivity contribution >= 4 is 11.9 Å². The molecule has 6 heteroatoms. The van der Waals surface area contributed by atoms with Gasteiger partial charge in [-0.25, -0.2) is 0 Å². The summed E-state index contributed by atoms with van der Waals surface area (Å²) in [6.45, 7) is 5.70. The number of nitriles is 2. The fourth-order valence-electron chi connectivity index (χ4n) is 2.27. The van der Waals surface area contributed by atoms with E-state index in [9.17, 15) is 30.3 Å². The van der Waals surface area contributed by atoms with E-state index in [1.165, 1.54) is 27.7 Å². The molecule has 0 rings (SSSR count). The minimum absolute atomic E-state index is 0.821. The van der Waals surface area contributed by atoms with Crippen LogP contribution in [0, 0.1) is 45.3 Å². The molecule has 0 fully saturated rings. The van der Waals surface area contributed by atoms with Gasteiger partial charge in [0.25, 0.3) is 0 Å². The largest absolute Gasteiger partial charge is 0.480 e. The highest BCUT2D eigenvalue weighted by Gasteiger charge is 2.66. The van der Waals surface area contributed by atoms with Crippen molar-refractivity contribution in [1.82, 2.24) is 0 Å². The first-order chi connectivity index (χ1) is 8.14. The fraction of sp³-hybridized carbons (Fsp3) is 0.667. The Labute approximate surface area is 105 Å². The molecule has 2 N–H and O–H groups in total. The van der Waals surface area contributed by atoms with E-state index in [0.29, 0.717) is 0 Å². The second-order valence-electron chi connectivity index (χ2n) is 4.76. The van der Waals surface area contributed by atoms with Gasteiger partial charge in [0.1, 0.15) is 0 Å². The van der Waals surface area contributed by atoms with Crippen LogP contribution in [0.4, 0.5) is 0 Å². The van der Waals surface area contributed by atoms with E-state index >= 15 is 0 Å². The van der Waals surface area contributed by atoms with Crippen LogP contribution in [0.2, 0.25) is 0 Å². The summed E-state index contributed by atoms with van der Waals surface area (Å²) in [4.78, 5) is 22.9. The Morgan fingerprint density at radius 1 is 0.889 bits per heavy atom. The third-order valence-electron chi connectivity index (χ3n) is 3.38. The summed E-state index contributed by atoms with van der Waals surface area (Å²) in [5.41, 5.74) is -4.58. The molecule has 0 aliphatic heterocycles. The van der Waals surface area contributed by atoms with Crippen LogP contribution in [0.5, 0.6) is 0 Å². The molecule has 0 saturated heterocycles. The number of aliphatic carboxylic acids is 2. The molecule has 2 atom stereocenters. The minimum Gasteiger partial charge on any atom is -0.480 e. The average molecular weight is 252 g/mol. The average Bonchev–Trinajstić information content (AvgIpc) is 2.23. The van der Waals surface area contributed by atoms with Crippen LogP contribution < -0.4 is 0 Å². The molecule has 0 amide bonds. The van der Waals surface area contributed by atoms with Crippen molar-refractivity contribution in [3.05, 3.63) is 0 Å². The lowest BCUT2D eigenvalue weighted by Crippen LogP contribution is -2.56. The predicted molar refractivity (Wildman–Crippen MR) is 61.0 cm³/mol. The smallest absolute Gasteiger partial charge is 0.326 e. The van der Waals surface area contributed by atoms with E-state index in [2.05, 4.69) is 0 Å². The summed E-state index contributed by atoms with van der Waals surface area (Å²) in [6, 6.07) is 3.13. The van der Waals surface area contributed by atoms with Gasteiger partial charge in [0.05, 0.1) is 12.1 Å². The number of nitrogens with zero attached hydrogens (tertiary/aromatic N) is 2. The van der Waals surface area contributed by atoms with Gasteiger partial charge < -0.3 is 10.2 Å². The Kier molecular flexibility index (Phi) is 4.47. The third kappa shape index (κ3) is 1.70. The summed E-state index contributed by atoms with van der Waals surface area (Å²) in [6.07, 6.45) is 0. The van der Waals surface area contributed by atoms with Crippen LogP contribution in [0.3, 0.4) is 0 Å². The van der Waals surface area contributed by atoms with Crippen LogP contribution in [0.25, 0.3) is 0 Å². The zero-order valence-electron chi connectivity index (χ0n) is 10.8. The Morgan fingerprint density at radius 3 is 1.17 bits per heavy atom. The first-order valence-electron chi connectivity index (χ1n) is 5.44. The Bertz CT molecular complexity index is 402. The topological polar surface area (TPSA) is 122 Å². The van der Waals surface area contributed by atoms with Gasteiger partial charge in [-0.1, -0.05) is 27.7 Å². The predicted octanol–water partition coefficient (Wildman–Crippen LogP) is 1.49. The molecule has 0 aromatic carbocycles. The molecule has 0 spiro atoms. The van der Waals surface area contributed by atoms with Gasteiger partial charge in [-0.3, -0.25) is 9.59 Å². The maximum absolute atomic E-state index is 11.5. The highest BCUT2D eigenvalue weighted by molar-refractivity contribution is 5.91. The Hall–Kier alpha value is -2.08. The molecular weight excluding hydrogens is 236 g/mol. The molecule has 6 nitrogen and oxygen atoms in total. The SMILES string of the molecule is CC(C)C(C#N)(C(=O)O)C(C#N)(C(=O)O)C(C)C. The van der Waals surface area contributed by atoms with Gasteiger partial charge >= 0.3 is 11.9 Å². The van der Waals surface area contributed by atoms with Crippen molar-refractivity contribution in [3.8, 4) is 12.1 Å². The minimum atomic E-state index is -2.29. The highest BCUT2D eigenvalue weighted by Crippen LogP contribution is 2.50. The van der Waals surface area contributed by atoms with E-state index in [1.807, 2.05) is 0 Å². The molecule has 98 valence electrons. The molecule has 0 bridgehead atoms. The lowest BCUT2D eigenvalue weighted by atomic mass is 9.54. The number of carbonyl (C=O) groups is 2. The number of hydrogen-bond acceptors (Lipinski definition) is 4. The van der Waals surface area contributed by atoms with Gasteiger partial charge in [-0.05, 0) is 11.8 Å². The summed E-state index contributed by atoms with van der Waals surface area (Å²) >= 11 is 0. The third-order valence-corrected chi connectivity index (χ3v) is 3.38. The maximum Gasteiger partial charge on any atom is 0.326 e. The Morgan fingerprint density at radius 2 is 1.11 bits per heavy atom. The maximum atomic E-state index is 11.5. The standard InChI is InChI=1S/C12H16N2O4/c1-7(2)11(5-13,9(15)16)12(6-14,8(3)4)10(17)18/h7-8H,1-4H3,(H,15,16)(H,17,18). The second kappa shape index (κ2) is 5.05. The summed E-state index contributed by atoms with van der Waals surface area (Å²) in [5.74, 6) is -4.81. The van der Waals surface area contributed by atoms with Crippen molar-refractivity contribution < 1.29 is 19.8 Å². The monoisotopic (exact) mass is 252 g/mol. The first-order valence-corrected chi connectivity index (χ1v) is 5.44. The molecule has 2 unspecified atom stereocenters. The van der Waals surface area contributed by atoms with Crippen molar-refractivity contribution in [3.63, 3.8) is 0 Å². The summed E-state index contributed by atoms with van der Waals surface area (Å²) in [7, 11) is 0. The van der Waals surface area contributed by atoms with E-state index in [1.54, 1.807) is 12.1 Å². The van der Waals surface area contributed by atoms with Gasteiger partial charge in [-0.2, -0.15) is 10.5 Å². The molecule has 0 aromatic heterocycles. The molecule has 0 aromatic rings. The summed E-state index contributed by atoms with van der Waals surface area (Å²) < 4.78 is 0. The number of carboxylic acid groups (broad SMARTS) is 2. The molecular formula is C12H16N2O4. The lowest BCUT2D eigenvalue weighted by molar-refractivity contribution is -0.171. The molecule has 0 radical (unpaired) electrons.